The summed E-state index contributed by atoms with van der Waals surface area (Å²) in [5.41, 5.74) is 1.21. The summed E-state index contributed by atoms with van der Waals surface area (Å²) < 4.78 is 0.671. The molecule has 0 fully saturated rings. The number of alkyl halides is 1. The molecule has 1 aromatic carbocycles. The minimum Gasteiger partial charge on any atom is -0.325 e. The van der Waals surface area contributed by atoms with Gasteiger partial charge in [-0.05, 0) is 41.1 Å². The predicted octanol–water partition coefficient (Wildman–Crippen LogP) is 3.04. The van der Waals surface area contributed by atoms with Crippen LogP contribution in [0.15, 0.2) is 22.7 Å². The van der Waals surface area contributed by atoms with Crippen LogP contribution in [0.2, 0.25) is 0 Å². The first kappa shape index (κ1) is 12.2. The van der Waals surface area contributed by atoms with Gasteiger partial charge in [0.25, 0.3) is 0 Å². The van der Waals surface area contributed by atoms with Crippen molar-refractivity contribution < 1.29 is 4.79 Å². The third-order valence-electron chi connectivity index (χ3n) is 1.72. The molecular weight excluding hydrogens is 324 g/mol. The molecule has 1 atom stereocenters. The van der Waals surface area contributed by atoms with Crippen molar-refractivity contribution in [3.8, 4) is 6.07 Å². The maximum atomic E-state index is 11.3. The van der Waals surface area contributed by atoms with Gasteiger partial charge in [-0.3, -0.25) is 4.79 Å². The number of anilines is 1. The normalized spacial score (nSPS) is 11.6. The Labute approximate surface area is 105 Å². The highest BCUT2D eigenvalue weighted by molar-refractivity contribution is 9.10. The van der Waals surface area contributed by atoms with Gasteiger partial charge in [-0.15, -0.1) is 0 Å². The first-order valence-electron chi connectivity index (χ1n) is 4.19. The van der Waals surface area contributed by atoms with Crippen molar-refractivity contribution >= 4 is 43.5 Å². The number of halogens is 2. The van der Waals surface area contributed by atoms with Gasteiger partial charge < -0.3 is 5.32 Å². The van der Waals surface area contributed by atoms with Crippen molar-refractivity contribution in [1.29, 1.82) is 5.26 Å². The van der Waals surface area contributed by atoms with Crippen LogP contribution in [0.4, 0.5) is 5.69 Å². The van der Waals surface area contributed by atoms with Crippen molar-refractivity contribution in [3.05, 3.63) is 28.2 Å². The van der Waals surface area contributed by atoms with Gasteiger partial charge in [-0.2, -0.15) is 5.26 Å². The second kappa shape index (κ2) is 5.29. The standard InChI is InChI=1S/C10H8Br2N2O/c1-6(11)10(15)14-8-3-2-7(5-13)9(12)4-8/h2-4,6H,1H3,(H,14,15). The van der Waals surface area contributed by atoms with Crippen LogP contribution in [0.3, 0.4) is 0 Å². The zero-order valence-electron chi connectivity index (χ0n) is 7.92. The number of nitriles is 1. The lowest BCUT2D eigenvalue weighted by Gasteiger charge is -2.07. The van der Waals surface area contributed by atoms with E-state index in [0.717, 1.165) is 0 Å². The Balaban J connectivity index is 2.86. The molecule has 0 bridgehead atoms. The third-order valence-corrected chi connectivity index (χ3v) is 2.79. The maximum absolute atomic E-state index is 11.3. The second-order valence-electron chi connectivity index (χ2n) is 2.91. The van der Waals surface area contributed by atoms with Crippen LogP contribution in [0.1, 0.15) is 12.5 Å². The highest BCUT2D eigenvalue weighted by atomic mass is 79.9. The Morgan fingerprint density at radius 2 is 2.27 bits per heavy atom. The minimum atomic E-state index is -0.244. The average molecular weight is 332 g/mol. The highest BCUT2D eigenvalue weighted by Crippen LogP contribution is 2.21. The Kier molecular flexibility index (Phi) is 4.30. The molecule has 0 aliphatic rings. The molecule has 1 unspecified atom stereocenters. The van der Waals surface area contributed by atoms with Crippen molar-refractivity contribution in [1.82, 2.24) is 0 Å². The van der Waals surface area contributed by atoms with Crippen LogP contribution in [0.5, 0.6) is 0 Å². The summed E-state index contributed by atoms with van der Waals surface area (Å²) in [7, 11) is 0. The van der Waals surface area contributed by atoms with Crippen molar-refractivity contribution in [2.45, 2.75) is 11.8 Å². The number of rotatable bonds is 2. The Hall–Kier alpha value is -0.860. The lowest BCUT2D eigenvalue weighted by atomic mass is 10.2. The van der Waals surface area contributed by atoms with E-state index in [1.165, 1.54) is 0 Å². The summed E-state index contributed by atoms with van der Waals surface area (Å²) in [5.74, 6) is -0.119. The lowest BCUT2D eigenvalue weighted by molar-refractivity contribution is -0.115. The largest absolute Gasteiger partial charge is 0.325 e. The SMILES string of the molecule is CC(Br)C(=O)Nc1ccc(C#N)c(Br)c1. The summed E-state index contributed by atoms with van der Waals surface area (Å²) in [5, 5.41) is 11.4. The number of nitrogens with one attached hydrogen (secondary N) is 1. The summed E-state index contributed by atoms with van der Waals surface area (Å²) in [6.07, 6.45) is 0. The quantitative estimate of drug-likeness (QED) is 0.847. The molecule has 0 radical (unpaired) electrons. The van der Waals surface area contributed by atoms with Crippen molar-refractivity contribution in [2.24, 2.45) is 0 Å². The van der Waals surface area contributed by atoms with E-state index >= 15 is 0 Å². The monoisotopic (exact) mass is 330 g/mol. The van der Waals surface area contributed by atoms with E-state index in [2.05, 4.69) is 37.2 Å². The van der Waals surface area contributed by atoms with Gasteiger partial charge in [0.05, 0.1) is 10.4 Å². The molecule has 1 aromatic rings. The van der Waals surface area contributed by atoms with Gasteiger partial charge in [-0.25, -0.2) is 0 Å². The molecule has 78 valence electrons. The molecule has 1 rings (SSSR count). The lowest BCUT2D eigenvalue weighted by Crippen LogP contribution is -2.19. The van der Waals surface area contributed by atoms with E-state index in [0.29, 0.717) is 15.7 Å². The molecule has 1 amide bonds. The molecular formula is C10H8Br2N2O. The van der Waals surface area contributed by atoms with Crippen LogP contribution in [-0.4, -0.2) is 10.7 Å². The number of amides is 1. The van der Waals surface area contributed by atoms with Gasteiger partial charge in [0, 0.05) is 10.2 Å². The molecule has 0 aliphatic heterocycles. The fourth-order valence-electron chi connectivity index (χ4n) is 0.925. The zero-order valence-corrected chi connectivity index (χ0v) is 11.1. The zero-order chi connectivity index (χ0) is 11.4. The first-order chi connectivity index (χ1) is 7.04. The number of hydrogen-bond acceptors (Lipinski definition) is 2. The number of carbonyl (C=O) groups is 1. The molecule has 5 heteroatoms. The molecule has 0 spiro atoms. The topological polar surface area (TPSA) is 52.9 Å². The Morgan fingerprint density at radius 3 is 2.73 bits per heavy atom. The number of nitrogens with zero attached hydrogens (tertiary/aromatic N) is 1. The van der Waals surface area contributed by atoms with E-state index in [1.54, 1.807) is 25.1 Å². The van der Waals surface area contributed by atoms with Crippen LogP contribution in [0.25, 0.3) is 0 Å². The van der Waals surface area contributed by atoms with E-state index < -0.39 is 0 Å². The predicted molar refractivity (Wildman–Crippen MR) is 65.9 cm³/mol. The van der Waals surface area contributed by atoms with Gasteiger partial charge in [0.15, 0.2) is 0 Å². The molecule has 0 aliphatic carbocycles. The van der Waals surface area contributed by atoms with Gasteiger partial charge in [-0.1, -0.05) is 15.9 Å². The summed E-state index contributed by atoms with van der Waals surface area (Å²) in [6, 6.07) is 7.07. The number of benzene rings is 1. The summed E-state index contributed by atoms with van der Waals surface area (Å²) in [6.45, 7) is 1.74. The van der Waals surface area contributed by atoms with Crippen LogP contribution in [0, 0.1) is 11.3 Å². The molecule has 3 nitrogen and oxygen atoms in total. The molecule has 0 saturated heterocycles. The van der Waals surface area contributed by atoms with Crippen LogP contribution >= 0.6 is 31.9 Å². The van der Waals surface area contributed by atoms with Crippen LogP contribution < -0.4 is 5.32 Å². The Bertz CT molecular complexity index is 424. The van der Waals surface area contributed by atoms with Crippen molar-refractivity contribution in [2.75, 3.05) is 5.32 Å². The van der Waals surface area contributed by atoms with Gasteiger partial charge in [0.1, 0.15) is 6.07 Å². The summed E-state index contributed by atoms with van der Waals surface area (Å²) in [4.78, 5) is 11.1. The molecule has 0 saturated carbocycles. The van der Waals surface area contributed by atoms with E-state index in [1.807, 2.05) is 6.07 Å². The number of carbonyl (C=O) groups excluding carboxylic acids is 1. The van der Waals surface area contributed by atoms with E-state index in [-0.39, 0.29) is 10.7 Å². The van der Waals surface area contributed by atoms with Crippen molar-refractivity contribution in [3.63, 3.8) is 0 Å². The molecule has 0 aromatic heterocycles. The molecule has 15 heavy (non-hydrogen) atoms. The second-order valence-corrected chi connectivity index (χ2v) is 5.14. The average Bonchev–Trinajstić information content (AvgIpc) is 2.18. The van der Waals surface area contributed by atoms with E-state index in [4.69, 9.17) is 5.26 Å². The number of hydrogen-bond donors (Lipinski definition) is 1. The smallest absolute Gasteiger partial charge is 0.237 e. The van der Waals surface area contributed by atoms with E-state index in [9.17, 15) is 4.79 Å². The molecule has 0 heterocycles. The third kappa shape index (κ3) is 3.33. The summed E-state index contributed by atoms with van der Waals surface area (Å²) >= 11 is 6.42. The Morgan fingerprint density at radius 1 is 1.60 bits per heavy atom. The van der Waals surface area contributed by atoms with Crippen LogP contribution in [-0.2, 0) is 4.79 Å². The van der Waals surface area contributed by atoms with Gasteiger partial charge in [0.2, 0.25) is 5.91 Å². The first-order valence-corrected chi connectivity index (χ1v) is 5.90. The fraction of sp³-hybridized carbons (Fsp3) is 0.200. The minimum absolute atomic E-state index is 0.119. The van der Waals surface area contributed by atoms with Gasteiger partial charge >= 0.3 is 0 Å². The highest BCUT2D eigenvalue weighted by Gasteiger charge is 2.09. The molecule has 1 N–H and O–H groups in total. The maximum Gasteiger partial charge on any atom is 0.237 e. The fourth-order valence-corrected chi connectivity index (χ4v) is 1.51.